The molecule has 0 unspecified atom stereocenters. The first kappa shape index (κ1) is 9.95. The Labute approximate surface area is 86.2 Å². The van der Waals surface area contributed by atoms with Gasteiger partial charge in [0.25, 0.3) is 5.91 Å². The zero-order valence-electron chi connectivity index (χ0n) is 8.10. The summed E-state index contributed by atoms with van der Waals surface area (Å²) in [5.41, 5.74) is 0. The highest BCUT2D eigenvalue weighted by Crippen LogP contribution is 2.30. The third kappa shape index (κ3) is 1.93. The van der Waals surface area contributed by atoms with Crippen molar-refractivity contribution < 1.29 is 19.5 Å². The Bertz CT molecular complexity index is 324. The van der Waals surface area contributed by atoms with Crippen LogP contribution < -0.4 is 5.32 Å². The third-order valence-electron chi connectivity index (χ3n) is 2.61. The number of carbonyl (C=O) groups is 3. The lowest BCUT2D eigenvalue weighted by atomic mass is 10.1. The molecule has 0 aromatic heterocycles. The van der Waals surface area contributed by atoms with E-state index in [-0.39, 0.29) is 30.8 Å². The Balaban J connectivity index is 1.95. The van der Waals surface area contributed by atoms with Gasteiger partial charge >= 0.3 is 12.0 Å². The number of imide groups is 1. The molecule has 6 nitrogen and oxygen atoms in total. The molecule has 1 heterocycles. The number of amides is 3. The Morgan fingerprint density at radius 3 is 2.67 bits per heavy atom. The Morgan fingerprint density at radius 1 is 1.47 bits per heavy atom. The molecule has 1 aliphatic carbocycles. The second kappa shape index (κ2) is 3.52. The van der Waals surface area contributed by atoms with Gasteiger partial charge in [0.05, 0.1) is 0 Å². The maximum absolute atomic E-state index is 11.7. The van der Waals surface area contributed by atoms with E-state index in [0.717, 1.165) is 12.8 Å². The first-order valence-corrected chi connectivity index (χ1v) is 4.95. The van der Waals surface area contributed by atoms with Crippen molar-refractivity contribution in [2.24, 2.45) is 0 Å². The number of aliphatic carboxylic acids is 1. The van der Waals surface area contributed by atoms with E-state index in [1.807, 2.05) is 0 Å². The second-order valence-electron chi connectivity index (χ2n) is 3.87. The molecule has 2 aliphatic rings. The van der Waals surface area contributed by atoms with Gasteiger partial charge in [-0.25, -0.2) is 4.79 Å². The average Bonchev–Trinajstić information content (AvgIpc) is 2.92. The molecule has 1 aliphatic heterocycles. The van der Waals surface area contributed by atoms with Gasteiger partial charge in [0.15, 0.2) is 0 Å². The Morgan fingerprint density at radius 2 is 2.13 bits per heavy atom. The summed E-state index contributed by atoms with van der Waals surface area (Å²) in [6, 6.07) is -0.973. The number of nitrogens with zero attached hydrogens (tertiary/aromatic N) is 1. The molecule has 0 spiro atoms. The Kier molecular flexibility index (Phi) is 2.34. The van der Waals surface area contributed by atoms with Crippen LogP contribution in [0.4, 0.5) is 4.79 Å². The smallest absolute Gasteiger partial charge is 0.325 e. The molecule has 2 N–H and O–H groups in total. The SMILES string of the molecule is O=C(O)CC[C@H]1NC(=O)N(C2CC2)C1=O. The zero-order valence-corrected chi connectivity index (χ0v) is 8.10. The molecule has 0 aromatic rings. The van der Waals surface area contributed by atoms with Crippen LogP contribution in [0, 0.1) is 0 Å². The molecular formula is C9H12N2O4. The van der Waals surface area contributed by atoms with Crippen LogP contribution in [-0.2, 0) is 9.59 Å². The van der Waals surface area contributed by atoms with Crippen molar-refractivity contribution in [1.29, 1.82) is 0 Å². The van der Waals surface area contributed by atoms with E-state index < -0.39 is 12.0 Å². The van der Waals surface area contributed by atoms with E-state index in [0.29, 0.717) is 0 Å². The van der Waals surface area contributed by atoms with Crippen LogP contribution in [0.15, 0.2) is 0 Å². The molecule has 1 saturated heterocycles. The number of urea groups is 1. The van der Waals surface area contributed by atoms with E-state index in [1.165, 1.54) is 4.90 Å². The summed E-state index contributed by atoms with van der Waals surface area (Å²) in [6.45, 7) is 0. The molecule has 2 rings (SSSR count). The van der Waals surface area contributed by atoms with E-state index in [1.54, 1.807) is 0 Å². The van der Waals surface area contributed by atoms with Gasteiger partial charge in [-0.2, -0.15) is 0 Å². The molecule has 6 heteroatoms. The Hall–Kier alpha value is -1.59. The van der Waals surface area contributed by atoms with Crippen LogP contribution in [-0.4, -0.2) is 40.0 Å². The van der Waals surface area contributed by atoms with Crippen molar-refractivity contribution >= 4 is 17.9 Å². The van der Waals surface area contributed by atoms with Gasteiger partial charge in [-0.15, -0.1) is 0 Å². The van der Waals surface area contributed by atoms with Gasteiger partial charge in [-0.3, -0.25) is 14.5 Å². The lowest BCUT2D eigenvalue weighted by molar-refractivity contribution is -0.137. The van der Waals surface area contributed by atoms with Crippen molar-refractivity contribution in [3.63, 3.8) is 0 Å². The molecule has 2 fully saturated rings. The minimum Gasteiger partial charge on any atom is -0.481 e. The molecule has 0 bridgehead atoms. The van der Waals surface area contributed by atoms with Crippen molar-refractivity contribution in [2.75, 3.05) is 0 Å². The summed E-state index contributed by atoms with van der Waals surface area (Å²) in [5, 5.41) is 11.0. The number of hydrogen-bond donors (Lipinski definition) is 2. The van der Waals surface area contributed by atoms with Crippen LogP contribution in [0.1, 0.15) is 25.7 Å². The molecule has 82 valence electrons. The summed E-state index contributed by atoms with van der Waals surface area (Å²) in [5.74, 6) is -1.23. The average molecular weight is 212 g/mol. The lowest BCUT2D eigenvalue weighted by Gasteiger charge is -2.10. The fraction of sp³-hybridized carbons (Fsp3) is 0.667. The van der Waals surface area contributed by atoms with Gasteiger partial charge in [0.1, 0.15) is 6.04 Å². The van der Waals surface area contributed by atoms with Crippen molar-refractivity contribution in [1.82, 2.24) is 10.2 Å². The van der Waals surface area contributed by atoms with Crippen LogP contribution in [0.3, 0.4) is 0 Å². The number of hydrogen-bond acceptors (Lipinski definition) is 3. The zero-order chi connectivity index (χ0) is 11.0. The summed E-state index contributed by atoms with van der Waals surface area (Å²) in [6.07, 6.45) is 1.80. The minimum atomic E-state index is -0.957. The number of carbonyl (C=O) groups excluding carboxylic acids is 2. The number of nitrogens with one attached hydrogen (secondary N) is 1. The third-order valence-corrected chi connectivity index (χ3v) is 2.61. The van der Waals surface area contributed by atoms with Crippen molar-refractivity contribution in [3.8, 4) is 0 Å². The van der Waals surface area contributed by atoms with Gasteiger partial charge in [0, 0.05) is 12.5 Å². The largest absolute Gasteiger partial charge is 0.481 e. The minimum absolute atomic E-state index is 0.0485. The lowest BCUT2D eigenvalue weighted by Crippen LogP contribution is -2.33. The van der Waals surface area contributed by atoms with Crippen LogP contribution in [0.2, 0.25) is 0 Å². The molecule has 3 amide bonds. The summed E-state index contributed by atoms with van der Waals surface area (Å²) < 4.78 is 0. The second-order valence-corrected chi connectivity index (χ2v) is 3.87. The van der Waals surface area contributed by atoms with Crippen molar-refractivity contribution in [2.45, 2.75) is 37.8 Å². The van der Waals surface area contributed by atoms with Crippen LogP contribution in [0.25, 0.3) is 0 Å². The summed E-state index contributed by atoms with van der Waals surface area (Å²) in [4.78, 5) is 34.6. The molecule has 15 heavy (non-hydrogen) atoms. The van der Waals surface area contributed by atoms with Crippen LogP contribution in [0.5, 0.6) is 0 Å². The van der Waals surface area contributed by atoms with Gasteiger partial charge in [-0.05, 0) is 19.3 Å². The summed E-state index contributed by atoms with van der Waals surface area (Å²) >= 11 is 0. The van der Waals surface area contributed by atoms with Crippen molar-refractivity contribution in [3.05, 3.63) is 0 Å². The highest BCUT2D eigenvalue weighted by molar-refractivity contribution is 6.04. The highest BCUT2D eigenvalue weighted by atomic mass is 16.4. The number of rotatable bonds is 4. The standard InChI is InChI=1S/C9H12N2O4/c12-7(13)4-3-6-8(14)11(5-1-2-5)9(15)10-6/h5-6H,1-4H2,(H,10,15)(H,12,13)/t6-/m1/s1. The topological polar surface area (TPSA) is 86.7 Å². The van der Waals surface area contributed by atoms with Gasteiger partial charge < -0.3 is 10.4 Å². The van der Waals surface area contributed by atoms with E-state index in [4.69, 9.17) is 5.11 Å². The van der Waals surface area contributed by atoms with E-state index >= 15 is 0 Å². The molecule has 1 saturated carbocycles. The monoisotopic (exact) mass is 212 g/mol. The maximum Gasteiger partial charge on any atom is 0.325 e. The number of carboxylic acids is 1. The predicted octanol–water partition coefficient (Wildman–Crippen LogP) is -0.0660. The quantitative estimate of drug-likeness (QED) is 0.639. The molecule has 1 atom stereocenters. The maximum atomic E-state index is 11.7. The van der Waals surface area contributed by atoms with Crippen LogP contribution >= 0.6 is 0 Å². The first-order chi connectivity index (χ1) is 7.09. The normalized spacial score (nSPS) is 25.6. The fourth-order valence-electron chi connectivity index (χ4n) is 1.69. The van der Waals surface area contributed by atoms with E-state index in [9.17, 15) is 14.4 Å². The molecule has 0 aromatic carbocycles. The predicted molar refractivity (Wildman–Crippen MR) is 49.1 cm³/mol. The van der Waals surface area contributed by atoms with E-state index in [2.05, 4.69) is 5.32 Å². The van der Waals surface area contributed by atoms with Gasteiger partial charge in [-0.1, -0.05) is 0 Å². The van der Waals surface area contributed by atoms with Gasteiger partial charge in [0.2, 0.25) is 0 Å². The fourth-order valence-corrected chi connectivity index (χ4v) is 1.69. The number of carboxylic acid groups (broad SMARTS) is 1. The summed E-state index contributed by atoms with van der Waals surface area (Å²) in [7, 11) is 0. The first-order valence-electron chi connectivity index (χ1n) is 4.95. The molecule has 0 radical (unpaired) electrons. The highest BCUT2D eigenvalue weighted by Gasteiger charge is 2.45. The molecular weight excluding hydrogens is 200 g/mol.